The molecule has 3 aliphatic heterocycles. The third-order valence-corrected chi connectivity index (χ3v) is 4.71. The quantitative estimate of drug-likeness (QED) is 0.845. The summed E-state index contributed by atoms with van der Waals surface area (Å²) in [6, 6.07) is 10.2. The molecule has 2 aromatic rings. The third kappa shape index (κ3) is 4.29. The van der Waals surface area contributed by atoms with Gasteiger partial charge < -0.3 is 4.98 Å². The van der Waals surface area contributed by atoms with E-state index >= 15 is 0 Å². The number of aromatic amines is 1. The Labute approximate surface area is 175 Å². The number of nitrogens with zero attached hydrogens (tertiary/aromatic N) is 4. The first kappa shape index (κ1) is 19.5. The van der Waals surface area contributed by atoms with Crippen LogP contribution in [0.15, 0.2) is 87.0 Å². The van der Waals surface area contributed by atoms with Crippen LogP contribution in [0.1, 0.15) is 17.0 Å². The van der Waals surface area contributed by atoms with Crippen LogP contribution in [0.2, 0.25) is 0 Å². The van der Waals surface area contributed by atoms with Gasteiger partial charge in [0.25, 0.3) is 0 Å². The van der Waals surface area contributed by atoms with Crippen LogP contribution in [0, 0.1) is 13.8 Å². The topological polar surface area (TPSA) is 65.3 Å². The zero-order valence-electron chi connectivity index (χ0n) is 17.2. The van der Waals surface area contributed by atoms with Crippen molar-refractivity contribution in [3.63, 3.8) is 0 Å². The van der Waals surface area contributed by atoms with E-state index in [0.717, 1.165) is 33.8 Å². The lowest BCUT2D eigenvalue weighted by Crippen LogP contribution is -2.19. The standard InChI is InChI=1S/C12H15N3O.C12H8N2/c1-9-6-10(2)14-12(9)7-11-8-13-4-5-15(11)16-3;1-2-5-10-9(4-1)8-12(14-10)11-6-3-7-13-11/h4-8,14H,1-3H3;1-8H/b11-7-;12-11-. The average molecular weight is 397 g/mol. The second-order valence-electron chi connectivity index (χ2n) is 6.93. The van der Waals surface area contributed by atoms with Gasteiger partial charge in [0.15, 0.2) is 0 Å². The number of hydrogen-bond donors (Lipinski definition) is 1. The number of nitrogens with one attached hydrogen (secondary N) is 1. The van der Waals surface area contributed by atoms with E-state index in [-0.39, 0.29) is 0 Å². The molecule has 3 aliphatic rings. The highest BCUT2D eigenvalue weighted by Crippen LogP contribution is 2.16. The van der Waals surface area contributed by atoms with Gasteiger partial charge in [0.1, 0.15) is 0 Å². The van der Waals surface area contributed by atoms with E-state index < -0.39 is 0 Å². The van der Waals surface area contributed by atoms with Gasteiger partial charge in [0.05, 0.1) is 42.0 Å². The molecule has 0 saturated carbocycles. The molecule has 1 aromatic carbocycles. The number of aryl methyl sites for hydroxylation is 2. The molecule has 0 unspecified atom stereocenters. The van der Waals surface area contributed by atoms with Gasteiger partial charge in [-0.15, -0.1) is 0 Å². The highest BCUT2D eigenvalue weighted by atomic mass is 16.7. The number of rotatable bonds is 2. The molecule has 0 spiro atoms. The zero-order chi connectivity index (χ0) is 20.9. The van der Waals surface area contributed by atoms with Gasteiger partial charge in [-0.3, -0.25) is 14.8 Å². The number of H-pyrrole nitrogens is 1. The third-order valence-electron chi connectivity index (χ3n) is 4.71. The Kier molecular flexibility index (Phi) is 5.68. The normalized spacial score (nSPS) is 19.6. The fourth-order valence-electron chi connectivity index (χ4n) is 3.28. The smallest absolute Gasteiger partial charge is 0.0900 e. The highest BCUT2D eigenvalue weighted by molar-refractivity contribution is 5.85. The minimum absolute atomic E-state index is 0.898. The first-order chi connectivity index (χ1) is 14.6. The van der Waals surface area contributed by atoms with Crippen molar-refractivity contribution in [1.82, 2.24) is 10.0 Å². The molecular weight excluding hydrogens is 374 g/mol. The van der Waals surface area contributed by atoms with Crippen LogP contribution in [0.25, 0.3) is 12.2 Å². The molecule has 30 heavy (non-hydrogen) atoms. The van der Waals surface area contributed by atoms with Gasteiger partial charge in [0, 0.05) is 29.0 Å². The van der Waals surface area contributed by atoms with Crippen molar-refractivity contribution < 1.29 is 4.84 Å². The van der Waals surface area contributed by atoms with Crippen LogP contribution < -0.4 is 10.6 Å². The average Bonchev–Trinajstić information content (AvgIpc) is 3.49. The van der Waals surface area contributed by atoms with Crippen molar-refractivity contribution in [3.05, 3.63) is 99.5 Å². The number of allylic oxidation sites excluding steroid dienone is 4. The lowest BCUT2D eigenvalue weighted by Gasteiger charge is -2.19. The summed E-state index contributed by atoms with van der Waals surface area (Å²) >= 11 is 0. The minimum atomic E-state index is 0.898. The van der Waals surface area contributed by atoms with Gasteiger partial charge >= 0.3 is 0 Å². The summed E-state index contributed by atoms with van der Waals surface area (Å²) in [7, 11) is 1.63. The van der Waals surface area contributed by atoms with Crippen molar-refractivity contribution in [2.24, 2.45) is 15.0 Å². The van der Waals surface area contributed by atoms with Crippen LogP contribution in [0.3, 0.4) is 0 Å². The van der Waals surface area contributed by atoms with Gasteiger partial charge in [-0.2, -0.15) is 0 Å². The Hall–Kier alpha value is -3.77. The van der Waals surface area contributed by atoms with Gasteiger partial charge in [-0.05, 0) is 55.8 Å². The molecule has 6 heteroatoms. The van der Waals surface area contributed by atoms with Crippen molar-refractivity contribution in [2.75, 3.05) is 7.11 Å². The van der Waals surface area contributed by atoms with Crippen LogP contribution in [-0.4, -0.2) is 29.6 Å². The number of aromatic nitrogens is 1. The van der Waals surface area contributed by atoms with E-state index in [1.807, 2.05) is 43.4 Å². The Morgan fingerprint density at radius 1 is 1.13 bits per heavy atom. The lowest BCUT2D eigenvalue weighted by molar-refractivity contribution is -0.0498. The van der Waals surface area contributed by atoms with Crippen LogP contribution in [0.5, 0.6) is 0 Å². The molecular formula is C24H23N5O. The number of aliphatic imine (C=N–C) groups is 2. The Bertz CT molecular complexity index is 1200. The molecule has 0 bridgehead atoms. The molecule has 1 N–H and O–H groups in total. The molecule has 150 valence electrons. The fraction of sp³-hybridized carbons (Fsp3) is 0.125. The zero-order valence-corrected chi connectivity index (χ0v) is 17.2. The summed E-state index contributed by atoms with van der Waals surface area (Å²) in [5.41, 5.74) is 6.24. The number of hydroxylamine groups is 2. The summed E-state index contributed by atoms with van der Waals surface area (Å²) in [6.07, 6.45) is 15.0. The van der Waals surface area contributed by atoms with E-state index in [1.54, 1.807) is 37.0 Å². The van der Waals surface area contributed by atoms with Gasteiger partial charge in [-0.1, -0.05) is 18.2 Å². The summed E-state index contributed by atoms with van der Waals surface area (Å²) in [5, 5.41) is 3.87. The second-order valence-corrected chi connectivity index (χ2v) is 6.93. The predicted octanol–water partition coefficient (Wildman–Crippen LogP) is 3.34. The fourth-order valence-corrected chi connectivity index (χ4v) is 3.28. The number of benzene rings is 1. The van der Waals surface area contributed by atoms with E-state index in [9.17, 15) is 0 Å². The molecule has 6 nitrogen and oxygen atoms in total. The molecule has 5 rings (SSSR count). The van der Waals surface area contributed by atoms with Crippen molar-refractivity contribution >= 4 is 24.6 Å². The Morgan fingerprint density at radius 3 is 2.70 bits per heavy atom. The SMILES string of the molecule is C1=C/C(=C2\C=c3ccccc3=N2)N=C1.CON1C=CN=C/C1=C/c1[nH]c(C)cc1C. The first-order valence-corrected chi connectivity index (χ1v) is 9.65. The van der Waals surface area contributed by atoms with E-state index in [1.165, 1.54) is 10.8 Å². The van der Waals surface area contributed by atoms with Crippen LogP contribution in [-0.2, 0) is 4.84 Å². The molecule has 4 heterocycles. The van der Waals surface area contributed by atoms with Crippen LogP contribution >= 0.6 is 0 Å². The van der Waals surface area contributed by atoms with Gasteiger partial charge in [-0.25, -0.2) is 10.1 Å². The van der Waals surface area contributed by atoms with Gasteiger partial charge in [0.2, 0.25) is 0 Å². The maximum absolute atomic E-state index is 5.20. The molecule has 0 atom stereocenters. The van der Waals surface area contributed by atoms with Crippen molar-refractivity contribution in [2.45, 2.75) is 13.8 Å². The minimum Gasteiger partial charge on any atom is -0.359 e. The second kappa shape index (κ2) is 8.71. The monoisotopic (exact) mass is 397 g/mol. The molecule has 0 aliphatic carbocycles. The summed E-state index contributed by atoms with van der Waals surface area (Å²) in [4.78, 5) is 21.3. The number of fused-ring (bicyclic) bond motifs is 1. The molecule has 1 aromatic heterocycles. The van der Waals surface area contributed by atoms with E-state index in [0.29, 0.717) is 0 Å². The number of para-hydroxylation sites is 1. The van der Waals surface area contributed by atoms with E-state index in [4.69, 9.17) is 4.84 Å². The molecule has 0 amide bonds. The molecule has 0 saturated heterocycles. The first-order valence-electron chi connectivity index (χ1n) is 9.65. The number of hydrogen-bond acceptors (Lipinski definition) is 5. The van der Waals surface area contributed by atoms with Crippen molar-refractivity contribution in [3.8, 4) is 0 Å². The summed E-state index contributed by atoms with van der Waals surface area (Å²) in [6.45, 7) is 4.11. The molecule has 0 fully saturated rings. The van der Waals surface area contributed by atoms with Crippen molar-refractivity contribution in [1.29, 1.82) is 0 Å². The highest BCUT2D eigenvalue weighted by Gasteiger charge is 2.08. The Balaban J connectivity index is 0.000000146. The predicted molar refractivity (Wildman–Crippen MR) is 121 cm³/mol. The maximum atomic E-state index is 5.20. The van der Waals surface area contributed by atoms with E-state index in [2.05, 4.69) is 45.1 Å². The van der Waals surface area contributed by atoms with Crippen LogP contribution in [0.4, 0.5) is 0 Å². The largest absolute Gasteiger partial charge is 0.359 e. The molecule has 0 radical (unpaired) electrons. The Morgan fingerprint density at radius 2 is 2.00 bits per heavy atom. The summed E-state index contributed by atoms with van der Waals surface area (Å²) < 4.78 is 0. The summed E-state index contributed by atoms with van der Waals surface area (Å²) in [5.74, 6) is 0. The lowest BCUT2D eigenvalue weighted by atomic mass is 10.2. The maximum Gasteiger partial charge on any atom is 0.0900 e.